The van der Waals surface area contributed by atoms with Gasteiger partial charge in [-0.05, 0) is 11.6 Å². The van der Waals surface area contributed by atoms with Crippen LogP contribution in [0.1, 0.15) is 26.4 Å². The monoisotopic (exact) mass is 468 g/mol. The third-order valence-corrected chi connectivity index (χ3v) is 5.97. The minimum Gasteiger partial charge on any atom is -0.364 e. The minimum absolute atomic E-state index is 0.298. The van der Waals surface area contributed by atoms with Gasteiger partial charge < -0.3 is 10.7 Å². The molecule has 5 aromatic rings. The van der Waals surface area contributed by atoms with Crippen molar-refractivity contribution in [3.05, 3.63) is 101 Å². The summed E-state index contributed by atoms with van der Waals surface area (Å²) < 4.78 is 1.77. The normalized spacial score (nSPS) is 10.8. The lowest BCUT2D eigenvalue weighted by atomic mass is 10.1. The van der Waals surface area contributed by atoms with E-state index in [1.807, 2.05) is 60.7 Å². The fraction of sp³-hybridized carbons (Fsp3) is 0.0400. The van der Waals surface area contributed by atoms with Gasteiger partial charge in [0, 0.05) is 28.9 Å². The number of primary amides is 1. The number of carbonyl (C=O) groups excluding carboxylic acids is 2. The fourth-order valence-electron chi connectivity index (χ4n) is 3.56. The molecular formula is C25H20N6O2S. The third kappa shape index (κ3) is 4.50. The molecule has 4 N–H and O–H groups in total. The molecule has 0 saturated carbocycles. The number of aromatic nitrogens is 4. The second kappa shape index (κ2) is 9.16. The van der Waals surface area contributed by atoms with E-state index in [-0.39, 0.29) is 5.91 Å². The second-order valence-corrected chi connectivity index (χ2v) is 8.46. The fourth-order valence-corrected chi connectivity index (χ4v) is 4.28. The first-order valence-electron chi connectivity index (χ1n) is 10.5. The van der Waals surface area contributed by atoms with Crippen molar-refractivity contribution in [2.45, 2.75) is 6.54 Å². The van der Waals surface area contributed by atoms with Crippen LogP contribution in [0.4, 0.5) is 5.13 Å². The van der Waals surface area contributed by atoms with Gasteiger partial charge in [-0.25, -0.2) is 4.98 Å². The molecule has 3 aromatic heterocycles. The Morgan fingerprint density at radius 3 is 2.47 bits per heavy atom. The Balaban J connectivity index is 1.41. The molecule has 5 rings (SSSR count). The van der Waals surface area contributed by atoms with E-state index in [4.69, 9.17) is 10.8 Å². The van der Waals surface area contributed by atoms with Gasteiger partial charge in [-0.15, -0.1) is 11.3 Å². The first-order chi connectivity index (χ1) is 16.6. The van der Waals surface area contributed by atoms with E-state index in [1.165, 1.54) is 11.3 Å². The molecule has 0 saturated heterocycles. The summed E-state index contributed by atoms with van der Waals surface area (Å²) in [5, 5.41) is 9.83. The van der Waals surface area contributed by atoms with Crippen molar-refractivity contribution in [1.29, 1.82) is 0 Å². The molecule has 2 aromatic carbocycles. The van der Waals surface area contributed by atoms with Crippen LogP contribution in [0.25, 0.3) is 22.5 Å². The van der Waals surface area contributed by atoms with Crippen molar-refractivity contribution < 1.29 is 9.59 Å². The van der Waals surface area contributed by atoms with Crippen LogP contribution in [0, 0.1) is 0 Å². The molecule has 0 aliphatic carbocycles. The minimum atomic E-state index is -0.545. The van der Waals surface area contributed by atoms with Crippen LogP contribution in [0.15, 0.2) is 84.5 Å². The van der Waals surface area contributed by atoms with Gasteiger partial charge in [-0.1, -0.05) is 60.7 Å². The Morgan fingerprint density at radius 1 is 1.03 bits per heavy atom. The molecule has 2 amide bonds. The van der Waals surface area contributed by atoms with Crippen molar-refractivity contribution in [2.75, 3.05) is 5.32 Å². The molecule has 168 valence electrons. The number of anilines is 1. The standard InChI is InChI=1S/C25H20N6O2S/c26-23(32)20-11-18(12-27-20)21-15-34-25(28-21)29-24(33)19-14-31(13-16-7-3-1-4-8-16)30-22(19)17-9-5-2-6-10-17/h1-12,14-15,27H,13H2,(H2,26,32)(H,28,29,33). The number of amides is 2. The maximum atomic E-state index is 13.2. The van der Waals surface area contributed by atoms with Gasteiger partial charge >= 0.3 is 0 Å². The Kier molecular flexibility index (Phi) is 5.75. The van der Waals surface area contributed by atoms with Gasteiger partial charge in [0.25, 0.3) is 11.8 Å². The molecule has 8 nitrogen and oxygen atoms in total. The van der Waals surface area contributed by atoms with Crippen molar-refractivity contribution in [3.63, 3.8) is 0 Å². The number of thiazole rings is 1. The first-order valence-corrected chi connectivity index (χ1v) is 11.4. The molecule has 34 heavy (non-hydrogen) atoms. The number of nitrogens with one attached hydrogen (secondary N) is 2. The topological polar surface area (TPSA) is 119 Å². The molecule has 0 spiro atoms. The van der Waals surface area contributed by atoms with Gasteiger partial charge in [-0.3, -0.25) is 19.6 Å². The van der Waals surface area contributed by atoms with Crippen molar-refractivity contribution in [3.8, 4) is 22.5 Å². The van der Waals surface area contributed by atoms with Gasteiger partial charge in [0.2, 0.25) is 0 Å². The molecular weight excluding hydrogens is 448 g/mol. The predicted octanol–water partition coefficient (Wildman–Crippen LogP) is 4.40. The number of nitrogens with two attached hydrogens (primary N) is 1. The smallest absolute Gasteiger partial charge is 0.265 e. The van der Waals surface area contributed by atoms with E-state index >= 15 is 0 Å². The molecule has 0 radical (unpaired) electrons. The molecule has 0 atom stereocenters. The van der Waals surface area contributed by atoms with E-state index in [0.717, 1.165) is 11.1 Å². The Bertz CT molecular complexity index is 1450. The van der Waals surface area contributed by atoms with Gasteiger partial charge in [0.05, 0.1) is 17.8 Å². The Morgan fingerprint density at radius 2 is 1.76 bits per heavy atom. The van der Waals surface area contributed by atoms with E-state index in [1.54, 1.807) is 28.5 Å². The lowest BCUT2D eigenvalue weighted by Crippen LogP contribution is -2.12. The summed E-state index contributed by atoms with van der Waals surface area (Å²) in [7, 11) is 0. The van der Waals surface area contributed by atoms with E-state index in [0.29, 0.717) is 39.9 Å². The number of rotatable bonds is 7. The highest BCUT2D eigenvalue weighted by Crippen LogP contribution is 2.27. The lowest BCUT2D eigenvalue weighted by Gasteiger charge is -2.02. The zero-order valence-corrected chi connectivity index (χ0v) is 18.8. The second-order valence-electron chi connectivity index (χ2n) is 7.60. The van der Waals surface area contributed by atoms with Crippen LogP contribution >= 0.6 is 11.3 Å². The van der Waals surface area contributed by atoms with Gasteiger partial charge in [0.15, 0.2) is 5.13 Å². The van der Waals surface area contributed by atoms with Crippen molar-refractivity contribution in [2.24, 2.45) is 5.73 Å². The average molecular weight is 469 g/mol. The Hall–Kier alpha value is -4.50. The molecule has 0 fully saturated rings. The number of aromatic amines is 1. The highest BCUT2D eigenvalue weighted by atomic mass is 32.1. The molecule has 3 heterocycles. The van der Waals surface area contributed by atoms with Crippen molar-refractivity contribution in [1.82, 2.24) is 19.7 Å². The van der Waals surface area contributed by atoms with E-state index in [2.05, 4.69) is 15.3 Å². The summed E-state index contributed by atoms with van der Waals surface area (Å²) in [6, 6.07) is 21.2. The molecule has 9 heteroatoms. The average Bonchev–Trinajstić information content (AvgIpc) is 3.60. The van der Waals surface area contributed by atoms with Crippen LogP contribution in [0.3, 0.4) is 0 Å². The molecule has 0 aliphatic heterocycles. The highest BCUT2D eigenvalue weighted by Gasteiger charge is 2.20. The van der Waals surface area contributed by atoms with Gasteiger partial charge in [-0.2, -0.15) is 5.10 Å². The van der Waals surface area contributed by atoms with E-state index in [9.17, 15) is 9.59 Å². The SMILES string of the molecule is NC(=O)c1cc(-c2csc(NC(=O)c3cn(Cc4ccccc4)nc3-c3ccccc3)n2)c[nH]1. The maximum absolute atomic E-state index is 13.2. The summed E-state index contributed by atoms with van der Waals surface area (Å²) >= 11 is 1.30. The van der Waals surface area contributed by atoms with Gasteiger partial charge in [0.1, 0.15) is 11.4 Å². The van der Waals surface area contributed by atoms with Crippen LogP contribution in [-0.4, -0.2) is 31.6 Å². The Labute approximate surface area is 199 Å². The van der Waals surface area contributed by atoms with Crippen LogP contribution in [0.5, 0.6) is 0 Å². The maximum Gasteiger partial charge on any atom is 0.265 e. The van der Waals surface area contributed by atoms with Crippen LogP contribution in [-0.2, 0) is 6.54 Å². The number of carbonyl (C=O) groups is 2. The highest BCUT2D eigenvalue weighted by molar-refractivity contribution is 7.14. The summed E-state index contributed by atoms with van der Waals surface area (Å²) in [4.78, 5) is 31.9. The zero-order chi connectivity index (χ0) is 23.5. The molecule has 0 bridgehead atoms. The molecule has 0 unspecified atom stereocenters. The number of H-pyrrole nitrogens is 1. The number of hydrogen-bond acceptors (Lipinski definition) is 5. The van der Waals surface area contributed by atoms with Crippen molar-refractivity contribution >= 4 is 28.3 Å². The number of nitrogens with zero attached hydrogens (tertiary/aromatic N) is 3. The third-order valence-electron chi connectivity index (χ3n) is 5.21. The van der Waals surface area contributed by atoms with Crippen LogP contribution < -0.4 is 11.1 Å². The molecule has 0 aliphatic rings. The summed E-state index contributed by atoms with van der Waals surface area (Å²) in [6.07, 6.45) is 3.41. The summed E-state index contributed by atoms with van der Waals surface area (Å²) in [6.45, 7) is 0.547. The van der Waals surface area contributed by atoms with E-state index < -0.39 is 5.91 Å². The zero-order valence-electron chi connectivity index (χ0n) is 17.9. The number of hydrogen-bond donors (Lipinski definition) is 3. The summed E-state index contributed by atoms with van der Waals surface area (Å²) in [5.74, 6) is -0.845. The first kappa shape index (κ1) is 21.4. The van der Waals surface area contributed by atoms with Crippen LogP contribution in [0.2, 0.25) is 0 Å². The summed E-state index contributed by atoms with van der Waals surface area (Å²) in [5.41, 5.74) is 9.94. The quantitative estimate of drug-likeness (QED) is 0.328. The number of benzene rings is 2. The predicted molar refractivity (Wildman–Crippen MR) is 132 cm³/mol. The lowest BCUT2D eigenvalue weighted by molar-refractivity contribution is 0.0994. The largest absolute Gasteiger partial charge is 0.364 e.